The molecule has 5 heteroatoms. The molecule has 0 bridgehead atoms. The van der Waals surface area contributed by atoms with Gasteiger partial charge < -0.3 is 14.1 Å². The van der Waals surface area contributed by atoms with E-state index in [1.165, 1.54) is 114 Å². The standard InChI is InChI=1S/C72H49BN2OS/c1-72(2,3)53-29-33-62(55(41-53)47-21-11-6-12-22-47)74-64-38-52(45-19-9-5-10-20-45)37-59-56-42-58-57-35-48-23-13-15-25-50(48)39-65(57)76-66(58)43-63(56)75(54-30-27-46(28-31-54)44-17-7-4-8-18-44)73(70(59)64)61-32-34-67-69(71(61)74)60-36-49-24-14-16-26-51(49)40-68(60)77-67/h4-43H,1-3H3. The quantitative estimate of drug-likeness (QED) is 0.160. The number of furan rings is 1. The molecule has 2 aliphatic rings. The van der Waals surface area contributed by atoms with Gasteiger partial charge in [-0.2, -0.15) is 0 Å². The predicted molar refractivity (Wildman–Crippen MR) is 330 cm³/mol. The van der Waals surface area contributed by atoms with Gasteiger partial charge in [-0.15, -0.1) is 11.3 Å². The van der Waals surface area contributed by atoms with E-state index in [4.69, 9.17) is 4.42 Å². The molecule has 2 aliphatic heterocycles. The summed E-state index contributed by atoms with van der Waals surface area (Å²) in [6.45, 7) is 6.74. The Hall–Kier alpha value is -9.16. The summed E-state index contributed by atoms with van der Waals surface area (Å²) < 4.78 is 9.55. The van der Waals surface area contributed by atoms with Crippen LogP contribution in [-0.2, 0) is 5.41 Å². The van der Waals surface area contributed by atoms with Gasteiger partial charge >= 0.3 is 6.85 Å². The van der Waals surface area contributed by atoms with Gasteiger partial charge in [0.1, 0.15) is 11.2 Å². The van der Waals surface area contributed by atoms with Crippen LogP contribution in [-0.4, -0.2) is 6.85 Å². The van der Waals surface area contributed by atoms with E-state index in [1.54, 1.807) is 0 Å². The maximum absolute atomic E-state index is 7.01. The highest BCUT2D eigenvalue weighted by atomic mass is 32.1. The van der Waals surface area contributed by atoms with Crippen LogP contribution in [0.3, 0.4) is 0 Å². The third-order valence-corrected chi connectivity index (χ3v) is 17.6. The van der Waals surface area contributed by atoms with E-state index in [1.807, 2.05) is 11.3 Å². The first-order chi connectivity index (χ1) is 37.8. The first-order valence-electron chi connectivity index (χ1n) is 26.7. The van der Waals surface area contributed by atoms with Crippen molar-refractivity contribution in [2.24, 2.45) is 0 Å². The largest absolute Gasteiger partial charge is 0.456 e. The van der Waals surface area contributed by atoms with E-state index in [0.29, 0.717) is 0 Å². The average molecular weight is 1000 g/mol. The van der Waals surface area contributed by atoms with Gasteiger partial charge in [0.15, 0.2) is 0 Å². The van der Waals surface area contributed by atoms with Crippen molar-refractivity contribution in [3.63, 3.8) is 0 Å². The Bertz CT molecular complexity index is 4730. The Labute approximate surface area is 451 Å². The molecule has 77 heavy (non-hydrogen) atoms. The normalized spacial score (nSPS) is 13.1. The van der Waals surface area contributed by atoms with Crippen molar-refractivity contribution in [1.82, 2.24) is 0 Å². The highest BCUT2D eigenvalue weighted by Crippen LogP contribution is 2.54. The molecule has 3 nitrogen and oxygen atoms in total. The molecule has 0 saturated heterocycles. The van der Waals surface area contributed by atoms with Crippen molar-refractivity contribution in [1.29, 1.82) is 0 Å². The monoisotopic (exact) mass is 1000 g/mol. The predicted octanol–water partition coefficient (Wildman–Crippen LogP) is 19.3. The molecule has 14 aromatic rings. The fourth-order valence-electron chi connectivity index (χ4n) is 12.8. The molecule has 0 saturated carbocycles. The van der Waals surface area contributed by atoms with Crippen molar-refractivity contribution < 1.29 is 4.42 Å². The number of hydrogen-bond donors (Lipinski definition) is 0. The molecule has 0 amide bonds. The van der Waals surface area contributed by atoms with Crippen LogP contribution in [0.1, 0.15) is 26.3 Å². The van der Waals surface area contributed by atoms with Crippen molar-refractivity contribution >= 4 is 121 Å². The van der Waals surface area contributed by atoms with Crippen molar-refractivity contribution in [2.75, 3.05) is 9.71 Å². The lowest BCUT2D eigenvalue weighted by Crippen LogP contribution is -2.61. The van der Waals surface area contributed by atoms with E-state index in [0.717, 1.165) is 39.0 Å². The van der Waals surface area contributed by atoms with Gasteiger partial charge in [-0.3, -0.25) is 0 Å². The van der Waals surface area contributed by atoms with Crippen LogP contribution < -0.4 is 20.6 Å². The molecule has 0 radical (unpaired) electrons. The number of thiophene rings is 1. The van der Waals surface area contributed by atoms with E-state index in [9.17, 15) is 0 Å². The summed E-state index contributed by atoms with van der Waals surface area (Å²) in [5.74, 6) is 0. The first-order valence-corrected chi connectivity index (χ1v) is 27.6. The molecule has 16 rings (SSSR count). The molecule has 0 atom stereocenters. The molecular weight excluding hydrogens is 952 g/mol. The van der Waals surface area contributed by atoms with Crippen molar-refractivity contribution in [3.05, 3.63) is 248 Å². The maximum atomic E-state index is 7.01. The summed E-state index contributed by atoms with van der Waals surface area (Å²) >= 11 is 1.90. The smallest absolute Gasteiger partial charge is 0.333 e. The summed E-state index contributed by atoms with van der Waals surface area (Å²) in [5.41, 5.74) is 20.8. The average Bonchev–Trinajstić information content (AvgIpc) is 4.05. The van der Waals surface area contributed by atoms with Gasteiger partial charge in [0.05, 0.1) is 11.4 Å². The van der Waals surface area contributed by atoms with Crippen molar-refractivity contribution in [3.8, 4) is 44.5 Å². The van der Waals surface area contributed by atoms with Crippen molar-refractivity contribution in [2.45, 2.75) is 26.2 Å². The lowest BCUT2D eigenvalue weighted by molar-refractivity contribution is 0.590. The Balaban J connectivity index is 1.07. The van der Waals surface area contributed by atoms with Gasteiger partial charge in [0, 0.05) is 65.2 Å². The minimum Gasteiger partial charge on any atom is -0.456 e. The van der Waals surface area contributed by atoms with Crippen LogP contribution in [0, 0.1) is 0 Å². The van der Waals surface area contributed by atoms with Gasteiger partial charge in [-0.1, -0.05) is 185 Å². The maximum Gasteiger partial charge on any atom is 0.333 e. The van der Waals surface area contributed by atoms with Gasteiger partial charge in [0.2, 0.25) is 0 Å². The SMILES string of the molecule is CC(C)(C)c1ccc(N2c3cc(-c4ccccc4)cc4c3B(c3ccc5sc6cc7ccccc7cc6c5c32)N(c2ccc(-c3ccccc3)cc2)c2cc3oc5cc6ccccc6cc5c3cc2-4)c(-c2ccccc2)c1. The number of benzene rings is 12. The van der Waals surface area contributed by atoms with Crippen LogP contribution in [0.25, 0.3) is 108 Å². The van der Waals surface area contributed by atoms with Crippen LogP contribution in [0.2, 0.25) is 0 Å². The fraction of sp³-hybridized carbons (Fsp3) is 0.0556. The Morgan fingerprint density at radius 1 is 0.403 bits per heavy atom. The molecule has 4 heterocycles. The number of hydrogen-bond acceptors (Lipinski definition) is 4. The molecular formula is C72H49BN2OS. The summed E-state index contributed by atoms with van der Waals surface area (Å²) in [6, 6.07) is 90.7. The molecule has 362 valence electrons. The molecule has 2 aromatic heterocycles. The number of fused-ring (bicyclic) bond motifs is 13. The molecule has 12 aromatic carbocycles. The number of rotatable bonds is 5. The van der Waals surface area contributed by atoms with Crippen LogP contribution >= 0.6 is 11.3 Å². The van der Waals surface area contributed by atoms with Crippen LogP contribution in [0.15, 0.2) is 247 Å². The second-order valence-electron chi connectivity index (χ2n) is 22.0. The van der Waals surface area contributed by atoms with E-state index in [-0.39, 0.29) is 12.3 Å². The third kappa shape index (κ3) is 6.83. The summed E-state index contributed by atoms with van der Waals surface area (Å²) in [4.78, 5) is 5.31. The second kappa shape index (κ2) is 16.7. The van der Waals surface area contributed by atoms with Gasteiger partial charge in [0.25, 0.3) is 0 Å². The first kappa shape index (κ1) is 44.2. The van der Waals surface area contributed by atoms with E-state index in [2.05, 4.69) is 273 Å². The molecule has 0 fully saturated rings. The van der Waals surface area contributed by atoms with E-state index >= 15 is 0 Å². The minimum atomic E-state index is -0.232. The molecule has 0 N–H and O–H groups in total. The zero-order chi connectivity index (χ0) is 51.1. The Morgan fingerprint density at radius 3 is 1.68 bits per heavy atom. The molecule has 0 aliphatic carbocycles. The van der Waals surface area contributed by atoms with E-state index < -0.39 is 0 Å². The zero-order valence-electron chi connectivity index (χ0n) is 42.9. The Morgan fingerprint density at radius 2 is 0.987 bits per heavy atom. The summed E-state index contributed by atoms with van der Waals surface area (Å²) in [5, 5.41) is 9.63. The Kier molecular flexibility index (Phi) is 9.56. The van der Waals surface area contributed by atoms with Crippen LogP contribution in [0.5, 0.6) is 0 Å². The number of anilines is 5. The minimum absolute atomic E-state index is 0.0770. The van der Waals surface area contributed by atoms with Gasteiger partial charge in [-0.25, -0.2) is 0 Å². The van der Waals surface area contributed by atoms with Gasteiger partial charge in [-0.05, 0) is 150 Å². The lowest BCUT2D eigenvalue weighted by atomic mass is 9.43. The summed E-state index contributed by atoms with van der Waals surface area (Å²) in [6.07, 6.45) is 0. The molecule has 0 unspecified atom stereocenters. The lowest BCUT2D eigenvalue weighted by Gasteiger charge is -2.46. The number of nitrogens with zero attached hydrogens (tertiary/aromatic N) is 2. The third-order valence-electron chi connectivity index (χ3n) is 16.5. The zero-order valence-corrected chi connectivity index (χ0v) is 43.7. The summed E-state index contributed by atoms with van der Waals surface area (Å²) in [7, 11) is 0. The molecule has 0 spiro atoms. The topological polar surface area (TPSA) is 19.6 Å². The second-order valence-corrected chi connectivity index (χ2v) is 23.1. The fourth-order valence-corrected chi connectivity index (χ4v) is 13.9. The highest BCUT2D eigenvalue weighted by molar-refractivity contribution is 7.26. The highest BCUT2D eigenvalue weighted by Gasteiger charge is 2.47. The van der Waals surface area contributed by atoms with Crippen LogP contribution in [0.4, 0.5) is 28.4 Å².